The summed E-state index contributed by atoms with van der Waals surface area (Å²) in [6.45, 7) is 9.15. The molecule has 6 aromatic carbocycles. The van der Waals surface area contributed by atoms with Gasteiger partial charge in [0.1, 0.15) is 55.5 Å². The average molecular weight is 751 g/mol. The summed E-state index contributed by atoms with van der Waals surface area (Å²) >= 11 is 0. The smallest absolute Gasteiger partial charge is 0.119 e. The zero-order valence-corrected chi connectivity index (χ0v) is 33.9. The standard InChI is InChI=1S/C49H54N2O5/c1-33-9-17-43(18-10-33)53-29-37-25-41(50(5)6)26-38(30-54-44-19-11-34(2)12-20-44)47(37)49(52)48-39(31-55-45-21-13-35(3)14-22-45)27-42(51(7)8)28-40(48)32-56-46-23-15-36(4)16-24-46/h9-28,49,52H,29-32H2,1-8H3. The van der Waals surface area contributed by atoms with Gasteiger partial charge in [-0.3, -0.25) is 0 Å². The van der Waals surface area contributed by atoms with Gasteiger partial charge in [0.2, 0.25) is 0 Å². The van der Waals surface area contributed by atoms with Gasteiger partial charge >= 0.3 is 0 Å². The first-order valence-electron chi connectivity index (χ1n) is 19.1. The molecule has 0 spiro atoms. The Morgan fingerprint density at radius 1 is 0.393 bits per heavy atom. The van der Waals surface area contributed by atoms with E-state index < -0.39 is 6.10 Å². The van der Waals surface area contributed by atoms with Crippen LogP contribution in [0.15, 0.2) is 121 Å². The van der Waals surface area contributed by atoms with Crippen LogP contribution in [0.25, 0.3) is 0 Å². The van der Waals surface area contributed by atoms with E-state index in [1.54, 1.807) is 0 Å². The van der Waals surface area contributed by atoms with Crippen molar-refractivity contribution < 1.29 is 24.1 Å². The highest BCUT2D eigenvalue weighted by Crippen LogP contribution is 2.39. The lowest BCUT2D eigenvalue weighted by Gasteiger charge is -2.28. The molecule has 0 aliphatic rings. The maximum atomic E-state index is 13.1. The summed E-state index contributed by atoms with van der Waals surface area (Å²) in [6, 6.07) is 40.5. The van der Waals surface area contributed by atoms with Gasteiger partial charge in [0, 0.05) is 39.6 Å². The van der Waals surface area contributed by atoms with Crippen LogP contribution in [0.5, 0.6) is 23.0 Å². The Bertz CT molecular complexity index is 1890. The predicted molar refractivity (Wildman–Crippen MR) is 228 cm³/mol. The molecule has 290 valence electrons. The Hall–Kier alpha value is -5.92. The number of benzene rings is 6. The number of hydrogen-bond donors (Lipinski definition) is 1. The molecule has 1 N–H and O–H groups in total. The monoisotopic (exact) mass is 750 g/mol. The van der Waals surface area contributed by atoms with E-state index in [2.05, 4.69) is 61.8 Å². The minimum absolute atomic E-state index is 0.231. The van der Waals surface area contributed by atoms with Crippen molar-refractivity contribution in [2.75, 3.05) is 38.0 Å². The SMILES string of the molecule is Cc1ccc(OCc2cc(N(C)C)cc(COc3ccc(C)cc3)c2C(O)c2c(COc3ccc(C)cc3)cc(N(C)C)cc2COc2ccc(C)cc2)cc1. The van der Waals surface area contributed by atoms with Crippen LogP contribution < -0.4 is 28.7 Å². The van der Waals surface area contributed by atoms with E-state index in [0.717, 1.165) is 90.0 Å². The Labute approximate surface area is 332 Å². The lowest BCUT2D eigenvalue weighted by atomic mass is 9.86. The summed E-state index contributed by atoms with van der Waals surface area (Å²) in [5.41, 5.74) is 11.4. The molecular formula is C49H54N2O5. The molecule has 0 atom stereocenters. The molecule has 56 heavy (non-hydrogen) atoms. The number of ether oxygens (including phenoxy) is 4. The van der Waals surface area contributed by atoms with E-state index >= 15 is 0 Å². The van der Waals surface area contributed by atoms with Gasteiger partial charge in [-0.1, -0.05) is 70.8 Å². The highest BCUT2D eigenvalue weighted by Gasteiger charge is 2.27. The van der Waals surface area contributed by atoms with Crippen molar-refractivity contribution in [2.45, 2.75) is 60.2 Å². The third kappa shape index (κ3) is 10.2. The first kappa shape index (κ1) is 39.8. The van der Waals surface area contributed by atoms with Gasteiger partial charge in [0.15, 0.2) is 0 Å². The fourth-order valence-corrected chi connectivity index (χ4v) is 6.54. The van der Waals surface area contributed by atoms with Gasteiger partial charge in [0.25, 0.3) is 0 Å². The molecule has 0 saturated carbocycles. The Balaban J connectivity index is 1.50. The summed E-state index contributed by atoms with van der Waals surface area (Å²) in [5, 5.41) is 13.1. The Morgan fingerprint density at radius 2 is 0.607 bits per heavy atom. The van der Waals surface area contributed by atoms with Crippen molar-refractivity contribution in [3.8, 4) is 23.0 Å². The summed E-state index contributed by atoms with van der Waals surface area (Å²) < 4.78 is 25.8. The van der Waals surface area contributed by atoms with Crippen LogP contribution in [0.2, 0.25) is 0 Å². The second kappa shape index (κ2) is 18.1. The predicted octanol–water partition coefficient (Wildman–Crippen LogP) is 10.4. The minimum Gasteiger partial charge on any atom is -0.489 e. The van der Waals surface area contributed by atoms with Crippen LogP contribution in [0.1, 0.15) is 61.7 Å². The zero-order chi connectivity index (χ0) is 39.8. The molecule has 7 heteroatoms. The number of anilines is 2. The highest BCUT2D eigenvalue weighted by molar-refractivity contribution is 5.60. The average Bonchev–Trinajstić information content (AvgIpc) is 3.19. The number of aliphatic hydroxyl groups excluding tert-OH is 1. The molecule has 0 unspecified atom stereocenters. The first-order valence-corrected chi connectivity index (χ1v) is 19.1. The summed E-state index contributed by atoms with van der Waals surface area (Å²) in [4.78, 5) is 4.13. The van der Waals surface area contributed by atoms with E-state index in [1.165, 1.54) is 0 Å². The molecule has 0 aromatic heterocycles. The number of aryl methyl sites for hydroxylation is 4. The number of aliphatic hydroxyl groups is 1. The lowest BCUT2D eigenvalue weighted by Crippen LogP contribution is -2.19. The molecule has 0 amide bonds. The number of hydrogen-bond acceptors (Lipinski definition) is 7. The van der Waals surface area contributed by atoms with Gasteiger partial charge in [-0.2, -0.15) is 0 Å². The van der Waals surface area contributed by atoms with Crippen molar-refractivity contribution >= 4 is 11.4 Å². The van der Waals surface area contributed by atoms with Crippen molar-refractivity contribution in [2.24, 2.45) is 0 Å². The minimum atomic E-state index is -1.09. The van der Waals surface area contributed by atoms with Gasteiger partial charge in [-0.05, 0) is 134 Å². The maximum Gasteiger partial charge on any atom is 0.119 e. The van der Waals surface area contributed by atoms with E-state index in [-0.39, 0.29) is 26.4 Å². The molecule has 0 heterocycles. The van der Waals surface area contributed by atoms with E-state index in [4.69, 9.17) is 18.9 Å². The Kier molecular flexibility index (Phi) is 12.9. The van der Waals surface area contributed by atoms with Crippen LogP contribution in [0.4, 0.5) is 11.4 Å². The molecule has 0 radical (unpaired) electrons. The largest absolute Gasteiger partial charge is 0.489 e. The van der Waals surface area contributed by atoms with Gasteiger partial charge < -0.3 is 33.9 Å². The lowest BCUT2D eigenvalue weighted by molar-refractivity contribution is 0.201. The molecule has 7 nitrogen and oxygen atoms in total. The van der Waals surface area contributed by atoms with E-state index in [9.17, 15) is 5.11 Å². The van der Waals surface area contributed by atoms with Gasteiger partial charge in [0.05, 0.1) is 0 Å². The summed E-state index contributed by atoms with van der Waals surface area (Å²) in [5.74, 6) is 2.99. The van der Waals surface area contributed by atoms with Crippen LogP contribution in [0, 0.1) is 27.7 Å². The second-order valence-electron chi connectivity index (χ2n) is 15.0. The number of nitrogens with zero attached hydrogens (tertiary/aromatic N) is 2. The molecule has 0 saturated heterocycles. The first-order chi connectivity index (χ1) is 26.9. The van der Waals surface area contributed by atoms with E-state index in [1.807, 2.05) is 125 Å². The van der Waals surface area contributed by atoms with Crippen LogP contribution in [-0.4, -0.2) is 33.3 Å². The van der Waals surface area contributed by atoms with Gasteiger partial charge in [-0.25, -0.2) is 0 Å². The third-order valence-corrected chi connectivity index (χ3v) is 9.91. The van der Waals surface area contributed by atoms with Crippen molar-refractivity contribution in [1.29, 1.82) is 0 Å². The second-order valence-corrected chi connectivity index (χ2v) is 15.0. The molecule has 0 fully saturated rings. The maximum absolute atomic E-state index is 13.1. The quantitative estimate of drug-likeness (QED) is 0.106. The summed E-state index contributed by atoms with van der Waals surface area (Å²) in [6.07, 6.45) is -1.09. The van der Waals surface area contributed by atoms with Crippen LogP contribution in [-0.2, 0) is 26.4 Å². The number of rotatable bonds is 16. The topological polar surface area (TPSA) is 63.6 Å². The van der Waals surface area contributed by atoms with Crippen molar-refractivity contribution in [3.05, 3.63) is 177 Å². The van der Waals surface area contributed by atoms with Crippen LogP contribution in [0.3, 0.4) is 0 Å². The normalized spacial score (nSPS) is 11.0. The Morgan fingerprint density at radius 3 is 0.804 bits per heavy atom. The molecule has 6 rings (SSSR count). The summed E-state index contributed by atoms with van der Waals surface area (Å²) in [7, 11) is 8.06. The molecule has 0 aliphatic carbocycles. The van der Waals surface area contributed by atoms with Gasteiger partial charge in [-0.15, -0.1) is 0 Å². The molecule has 0 aliphatic heterocycles. The van der Waals surface area contributed by atoms with E-state index in [0.29, 0.717) is 0 Å². The fourth-order valence-electron chi connectivity index (χ4n) is 6.54. The third-order valence-electron chi connectivity index (χ3n) is 9.91. The van der Waals surface area contributed by atoms with Crippen molar-refractivity contribution in [1.82, 2.24) is 0 Å². The highest BCUT2D eigenvalue weighted by atomic mass is 16.5. The zero-order valence-electron chi connectivity index (χ0n) is 33.9. The molecular weight excluding hydrogens is 697 g/mol. The molecule has 6 aromatic rings. The van der Waals surface area contributed by atoms with Crippen LogP contribution >= 0.6 is 0 Å². The molecule has 0 bridgehead atoms. The van der Waals surface area contributed by atoms with Crippen molar-refractivity contribution in [3.63, 3.8) is 0 Å². The fraction of sp³-hybridized carbons (Fsp3) is 0.265.